The molecular formula is C16H25FIN3S. The third kappa shape index (κ3) is 5.95. The second-order valence-electron chi connectivity index (χ2n) is 5.20. The summed E-state index contributed by atoms with van der Waals surface area (Å²) < 4.78 is 12.9. The van der Waals surface area contributed by atoms with Crippen molar-refractivity contribution in [3.05, 3.63) is 35.6 Å². The SMILES string of the molecule is CCC1CN(C(=NC)NCCc2ccc(F)cc2)CCS1.I. The Balaban J connectivity index is 0.00000242. The molecule has 1 aromatic rings. The molecule has 1 N–H and O–H groups in total. The molecule has 1 saturated heterocycles. The van der Waals surface area contributed by atoms with Crippen molar-refractivity contribution in [3.8, 4) is 0 Å². The van der Waals surface area contributed by atoms with Gasteiger partial charge in [0, 0.05) is 37.7 Å². The highest BCUT2D eigenvalue weighted by Gasteiger charge is 2.21. The van der Waals surface area contributed by atoms with Crippen LogP contribution in [-0.4, -0.2) is 48.5 Å². The molecule has 0 radical (unpaired) electrons. The van der Waals surface area contributed by atoms with E-state index in [4.69, 9.17) is 0 Å². The molecule has 1 aliphatic rings. The van der Waals surface area contributed by atoms with Gasteiger partial charge >= 0.3 is 0 Å². The Morgan fingerprint density at radius 3 is 2.77 bits per heavy atom. The Morgan fingerprint density at radius 2 is 2.14 bits per heavy atom. The van der Waals surface area contributed by atoms with Gasteiger partial charge in [0.1, 0.15) is 5.82 Å². The number of hydrogen-bond donors (Lipinski definition) is 1. The minimum absolute atomic E-state index is 0. The van der Waals surface area contributed by atoms with Crippen LogP contribution in [0.2, 0.25) is 0 Å². The summed E-state index contributed by atoms with van der Waals surface area (Å²) in [7, 11) is 1.84. The molecule has 0 aliphatic carbocycles. The lowest BCUT2D eigenvalue weighted by Gasteiger charge is -2.34. The van der Waals surface area contributed by atoms with Crippen molar-refractivity contribution in [1.29, 1.82) is 0 Å². The van der Waals surface area contributed by atoms with Gasteiger partial charge in [-0.25, -0.2) is 4.39 Å². The van der Waals surface area contributed by atoms with Crippen LogP contribution in [0.15, 0.2) is 29.3 Å². The van der Waals surface area contributed by atoms with Crippen LogP contribution in [0.4, 0.5) is 4.39 Å². The van der Waals surface area contributed by atoms with Crippen LogP contribution in [-0.2, 0) is 6.42 Å². The molecule has 0 bridgehead atoms. The average Bonchev–Trinajstić information content (AvgIpc) is 2.53. The maximum atomic E-state index is 12.9. The molecule has 1 aliphatic heterocycles. The van der Waals surface area contributed by atoms with Gasteiger partial charge in [-0.1, -0.05) is 19.1 Å². The number of rotatable bonds is 4. The zero-order valence-corrected chi connectivity index (χ0v) is 16.4. The molecule has 0 saturated carbocycles. The highest BCUT2D eigenvalue weighted by molar-refractivity contribution is 14.0. The summed E-state index contributed by atoms with van der Waals surface area (Å²) in [6.07, 6.45) is 2.08. The van der Waals surface area contributed by atoms with E-state index < -0.39 is 0 Å². The summed E-state index contributed by atoms with van der Waals surface area (Å²) in [6.45, 7) is 5.18. The Kier molecular flexibility index (Phi) is 9.16. The van der Waals surface area contributed by atoms with Crippen LogP contribution in [0.5, 0.6) is 0 Å². The van der Waals surface area contributed by atoms with Crippen LogP contribution in [0, 0.1) is 5.82 Å². The Bertz CT molecular complexity index is 467. The Labute approximate surface area is 154 Å². The van der Waals surface area contributed by atoms with Crippen molar-refractivity contribution in [2.45, 2.75) is 25.0 Å². The lowest BCUT2D eigenvalue weighted by atomic mass is 10.1. The molecule has 1 unspecified atom stereocenters. The van der Waals surface area contributed by atoms with Gasteiger partial charge in [-0.15, -0.1) is 24.0 Å². The van der Waals surface area contributed by atoms with E-state index in [1.54, 1.807) is 0 Å². The second kappa shape index (κ2) is 10.3. The molecule has 22 heavy (non-hydrogen) atoms. The van der Waals surface area contributed by atoms with E-state index in [-0.39, 0.29) is 29.8 Å². The van der Waals surface area contributed by atoms with Crippen molar-refractivity contribution >= 4 is 41.7 Å². The molecule has 124 valence electrons. The first-order chi connectivity index (χ1) is 10.2. The van der Waals surface area contributed by atoms with Crippen molar-refractivity contribution in [3.63, 3.8) is 0 Å². The number of thioether (sulfide) groups is 1. The monoisotopic (exact) mass is 437 g/mol. The van der Waals surface area contributed by atoms with Gasteiger partial charge in [0.2, 0.25) is 0 Å². The minimum Gasteiger partial charge on any atom is -0.356 e. The number of halogens is 2. The highest BCUT2D eigenvalue weighted by atomic mass is 127. The van der Waals surface area contributed by atoms with E-state index in [0.29, 0.717) is 5.25 Å². The summed E-state index contributed by atoms with van der Waals surface area (Å²) in [5.74, 6) is 1.96. The lowest BCUT2D eigenvalue weighted by molar-refractivity contribution is 0.408. The van der Waals surface area contributed by atoms with E-state index in [2.05, 4.69) is 33.9 Å². The Hall–Kier alpha value is -0.500. The summed E-state index contributed by atoms with van der Waals surface area (Å²) in [6, 6.07) is 6.70. The van der Waals surface area contributed by atoms with E-state index in [1.165, 1.54) is 18.6 Å². The fourth-order valence-corrected chi connectivity index (χ4v) is 3.64. The van der Waals surface area contributed by atoms with Crippen molar-refractivity contribution in [2.24, 2.45) is 4.99 Å². The number of hydrogen-bond acceptors (Lipinski definition) is 2. The third-order valence-electron chi connectivity index (χ3n) is 3.72. The highest BCUT2D eigenvalue weighted by Crippen LogP contribution is 2.20. The minimum atomic E-state index is -0.182. The second-order valence-corrected chi connectivity index (χ2v) is 6.61. The standard InChI is InChI=1S/C16H24FN3S.HI/c1-3-15-12-20(10-11-21-15)16(18-2)19-9-8-13-4-6-14(17)7-5-13;/h4-7,15H,3,8-12H2,1-2H3,(H,18,19);1H. The fourth-order valence-electron chi connectivity index (χ4n) is 2.46. The summed E-state index contributed by atoms with van der Waals surface area (Å²) in [4.78, 5) is 6.73. The van der Waals surface area contributed by atoms with Gasteiger partial charge in [-0.3, -0.25) is 4.99 Å². The molecule has 1 fully saturated rings. The first kappa shape index (κ1) is 19.5. The number of guanidine groups is 1. The average molecular weight is 437 g/mol. The van der Waals surface area contributed by atoms with Gasteiger partial charge < -0.3 is 10.2 Å². The largest absolute Gasteiger partial charge is 0.356 e. The molecule has 6 heteroatoms. The number of benzene rings is 1. The molecule has 0 aromatic heterocycles. The van der Waals surface area contributed by atoms with Crippen molar-refractivity contribution in [1.82, 2.24) is 10.2 Å². The predicted molar refractivity (Wildman–Crippen MR) is 105 cm³/mol. The predicted octanol–water partition coefficient (Wildman–Crippen LogP) is 3.39. The third-order valence-corrected chi connectivity index (χ3v) is 5.09. The van der Waals surface area contributed by atoms with Gasteiger partial charge in [0.15, 0.2) is 5.96 Å². The zero-order chi connectivity index (χ0) is 15.1. The zero-order valence-electron chi connectivity index (χ0n) is 13.2. The Morgan fingerprint density at radius 1 is 1.41 bits per heavy atom. The normalized spacial score (nSPS) is 18.8. The molecule has 2 rings (SSSR count). The maximum Gasteiger partial charge on any atom is 0.193 e. The summed E-state index contributed by atoms with van der Waals surface area (Å²) >= 11 is 2.06. The van der Waals surface area contributed by atoms with Gasteiger partial charge in [-0.05, 0) is 30.5 Å². The smallest absolute Gasteiger partial charge is 0.193 e. The first-order valence-electron chi connectivity index (χ1n) is 7.54. The summed E-state index contributed by atoms with van der Waals surface area (Å²) in [5.41, 5.74) is 1.14. The van der Waals surface area contributed by atoms with E-state index >= 15 is 0 Å². The van der Waals surface area contributed by atoms with Crippen LogP contribution >= 0.6 is 35.7 Å². The van der Waals surface area contributed by atoms with Crippen LogP contribution in [0.1, 0.15) is 18.9 Å². The molecular weight excluding hydrogens is 412 g/mol. The van der Waals surface area contributed by atoms with E-state index in [1.807, 2.05) is 19.2 Å². The van der Waals surface area contributed by atoms with Crippen molar-refractivity contribution in [2.75, 3.05) is 32.4 Å². The van der Waals surface area contributed by atoms with Crippen molar-refractivity contribution < 1.29 is 4.39 Å². The molecule has 0 spiro atoms. The van der Waals surface area contributed by atoms with Gasteiger partial charge in [0.25, 0.3) is 0 Å². The van der Waals surface area contributed by atoms with Crippen LogP contribution in [0.3, 0.4) is 0 Å². The fraction of sp³-hybridized carbons (Fsp3) is 0.562. The molecule has 0 amide bonds. The number of nitrogens with one attached hydrogen (secondary N) is 1. The molecule has 1 atom stereocenters. The quantitative estimate of drug-likeness (QED) is 0.445. The summed E-state index contributed by atoms with van der Waals surface area (Å²) in [5, 5.41) is 4.12. The molecule has 3 nitrogen and oxygen atoms in total. The molecule has 1 aromatic carbocycles. The topological polar surface area (TPSA) is 27.6 Å². The first-order valence-corrected chi connectivity index (χ1v) is 8.59. The van der Waals surface area contributed by atoms with Crippen LogP contribution in [0.25, 0.3) is 0 Å². The van der Waals surface area contributed by atoms with Gasteiger partial charge in [-0.2, -0.15) is 11.8 Å². The molecule has 1 heterocycles. The maximum absolute atomic E-state index is 12.9. The van der Waals surface area contributed by atoms with E-state index in [0.717, 1.165) is 43.3 Å². The van der Waals surface area contributed by atoms with Crippen LogP contribution < -0.4 is 5.32 Å². The number of nitrogens with zero attached hydrogens (tertiary/aromatic N) is 2. The van der Waals surface area contributed by atoms with E-state index in [9.17, 15) is 4.39 Å². The number of aliphatic imine (C=N–C) groups is 1. The lowest BCUT2D eigenvalue weighted by Crippen LogP contribution is -2.48. The van der Waals surface area contributed by atoms with Gasteiger partial charge in [0.05, 0.1) is 0 Å².